The molecule has 2 fully saturated rings. The molecule has 1 aliphatic heterocycles. The summed E-state index contributed by atoms with van der Waals surface area (Å²) in [6.07, 6.45) is 7.30. The van der Waals surface area contributed by atoms with Crippen LogP contribution in [0.15, 0.2) is 36.4 Å². The van der Waals surface area contributed by atoms with Crippen LogP contribution in [-0.4, -0.2) is 17.1 Å². The fraction of sp³-hybridized carbons (Fsp3) is 0.458. The predicted octanol–water partition coefficient (Wildman–Crippen LogP) is 4.46. The summed E-state index contributed by atoms with van der Waals surface area (Å²) < 4.78 is 0. The normalized spacial score (nSPS) is 26.4. The zero-order valence-electron chi connectivity index (χ0n) is 16.9. The van der Waals surface area contributed by atoms with E-state index < -0.39 is 5.97 Å². The number of hydrogen-bond donors (Lipinski definition) is 3. The number of aromatic carboxylic acids is 1. The molecule has 0 aromatic heterocycles. The zero-order chi connectivity index (χ0) is 20.1. The second-order valence-electron chi connectivity index (χ2n) is 8.97. The molecule has 5 rings (SSSR count). The van der Waals surface area contributed by atoms with Gasteiger partial charge in [-0.3, -0.25) is 0 Å². The topological polar surface area (TPSA) is 78.6 Å². The van der Waals surface area contributed by atoms with Crippen LogP contribution in [0.1, 0.15) is 65.2 Å². The smallest absolute Gasteiger partial charge is 0.335 e. The van der Waals surface area contributed by atoms with Gasteiger partial charge < -0.3 is 15.8 Å². The van der Waals surface area contributed by atoms with E-state index in [0.29, 0.717) is 23.4 Å². The van der Waals surface area contributed by atoms with Crippen molar-refractivity contribution in [3.05, 3.63) is 58.7 Å². The summed E-state index contributed by atoms with van der Waals surface area (Å²) in [6.45, 7) is 2.06. The second kappa shape index (κ2) is 7.06. The summed E-state index contributed by atoms with van der Waals surface area (Å²) in [5.74, 6) is 0.395. The highest BCUT2D eigenvalue weighted by Crippen LogP contribution is 2.48. The third-order valence-corrected chi connectivity index (χ3v) is 7.33. The van der Waals surface area contributed by atoms with E-state index in [1.165, 1.54) is 42.5 Å². The van der Waals surface area contributed by atoms with Crippen LogP contribution >= 0.6 is 0 Å². The lowest BCUT2D eigenvalue weighted by Crippen LogP contribution is -2.42. The van der Waals surface area contributed by atoms with Gasteiger partial charge in [0.15, 0.2) is 0 Å². The van der Waals surface area contributed by atoms with E-state index >= 15 is 0 Å². The number of anilines is 2. The van der Waals surface area contributed by atoms with Crippen LogP contribution in [0, 0.1) is 18.8 Å². The van der Waals surface area contributed by atoms with Gasteiger partial charge in [-0.2, -0.15) is 0 Å². The summed E-state index contributed by atoms with van der Waals surface area (Å²) in [7, 11) is 0. The van der Waals surface area contributed by atoms with Crippen molar-refractivity contribution in [3.63, 3.8) is 0 Å². The van der Waals surface area contributed by atoms with E-state index in [4.69, 9.17) is 5.73 Å². The Labute approximate surface area is 171 Å². The number of nitrogens with two attached hydrogens (primary N) is 1. The first-order valence-electron chi connectivity index (χ1n) is 10.8. The van der Waals surface area contributed by atoms with Crippen molar-refractivity contribution in [3.8, 4) is 0 Å². The Morgan fingerprint density at radius 2 is 1.93 bits per heavy atom. The van der Waals surface area contributed by atoms with Gasteiger partial charge in [-0.1, -0.05) is 18.9 Å². The third kappa shape index (κ3) is 3.08. The van der Waals surface area contributed by atoms with Crippen LogP contribution in [0.3, 0.4) is 0 Å². The molecule has 3 unspecified atom stereocenters. The number of benzene rings is 2. The standard InChI is InChI=1S/C24H29N3O2/c1-14-12-18(8-11-21(14)25)27-23(15-4-2-3-5-15)20-10-6-16-13-17(24(28)29)7-9-19(16)22(20)26-27/h7-9,11-13,15,20,22-23,26H,2-6,10,25H2,1H3,(H,28,29). The number of hydrogen-bond acceptors (Lipinski definition) is 4. The molecule has 4 N–H and O–H groups in total. The van der Waals surface area contributed by atoms with E-state index in [0.717, 1.165) is 24.1 Å². The summed E-state index contributed by atoms with van der Waals surface area (Å²) in [4.78, 5) is 11.4. The van der Waals surface area contributed by atoms with Gasteiger partial charge in [-0.25, -0.2) is 10.2 Å². The van der Waals surface area contributed by atoms with Crippen molar-refractivity contribution in [1.29, 1.82) is 0 Å². The molecule has 1 heterocycles. The average molecular weight is 392 g/mol. The Hall–Kier alpha value is -2.53. The summed E-state index contributed by atoms with van der Waals surface area (Å²) in [6, 6.07) is 12.7. The number of nitrogens with one attached hydrogen (secondary N) is 1. The minimum atomic E-state index is -0.850. The lowest BCUT2D eigenvalue weighted by Gasteiger charge is -2.35. The molecule has 29 heavy (non-hydrogen) atoms. The van der Waals surface area contributed by atoms with Gasteiger partial charge in [-0.05, 0) is 85.5 Å². The number of aryl methyl sites for hydroxylation is 2. The van der Waals surface area contributed by atoms with Crippen LogP contribution < -0.4 is 16.2 Å². The largest absolute Gasteiger partial charge is 0.478 e. The highest BCUT2D eigenvalue weighted by atomic mass is 16.4. The molecule has 152 valence electrons. The van der Waals surface area contributed by atoms with E-state index in [-0.39, 0.29) is 6.04 Å². The Morgan fingerprint density at radius 1 is 1.14 bits per heavy atom. The molecule has 2 aliphatic carbocycles. The van der Waals surface area contributed by atoms with Gasteiger partial charge in [-0.15, -0.1) is 0 Å². The minimum Gasteiger partial charge on any atom is -0.478 e. The van der Waals surface area contributed by atoms with E-state index in [2.05, 4.69) is 29.5 Å². The van der Waals surface area contributed by atoms with Gasteiger partial charge in [0.2, 0.25) is 0 Å². The SMILES string of the molecule is Cc1cc(N2NC3c4ccc(C(=O)O)cc4CCC3C2C2CCCC2)ccc1N. The Balaban J connectivity index is 1.54. The van der Waals surface area contributed by atoms with Crippen LogP contribution in [0.4, 0.5) is 11.4 Å². The molecule has 0 bridgehead atoms. The second-order valence-corrected chi connectivity index (χ2v) is 8.97. The average Bonchev–Trinajstić information content (AvgIpc) is 3.36. The number of rotatable bonds is 3. The molecule has 0 radical (unpaired) electrons. The fourth-order valence-corrected chi connectivity index (χ4v) is 5.85. The molecule has 1 saturated heterocycles. The highest BCUT2D eigenvalue weighted by molar-refractivity contribution is 5.88. The minimum absolute atomic E-state index is 0.241. The molecule has 5 nitrogen and oxygen atoms in total. The first-order valence-corrected chi connectivity index (χ1v) is 10.8. The third-order valence-electron chi connectivity index (χ3n) is 7.33. The first-order chi connectivity index (χ1) is 14.0. The number of carboxylic acid groups (broad SMARTS) is 1. The van der Waals surface area contributed by atoms with Gasteiger partial charge in [0.25, 0.3) is 0 Å². The van der Waals surface area contributed by atoms with Gasteiger partial charge in [0.05, 0.1) is 23.3 Å². The van der Waals surface area contributed by atoms with Crippen molar-refractivity contribution in [1.82, 2.24) is 5.43 Å². The molecule has 2 aromatic rings. The molecule has 0 amide bonds. The molecule has 3 aliphatic rings. The first kappa shape index (κ1) is 18.5. The maximum atomic E-state index is 11.4. The monoisotopic (exact) mass is 391 g/mol. The molecule has 5 heteroatoms. The van der Waals surface area contributed by atoms with E-state index in [1.807, 2.05) is 18.2 Å². The summed E-state index contributed by atoms with van der Waals surface area (Å²) in [5, 5.41) is 11.8. The number of nitrogen functional groups attached to an aromatic ring is 1. The maximum absolute atomic E-state index is 11.4. The summed E-state index contributed by atoms with van der Waals surface area (Å²) >= 11 is 0. The predicted molar refractivity (Wildman–Crippen MR) is 115 cm³/mol. The lowest BCUT2D eigenvalue weighted by molar-refractivity contribution is 0.0696. The molecular formula is C24H29N3O2. The quantitative estimate of drug-likeness (QED) is 0.673. The highest BCUT2D eigenvalue weighted by Gasteiger charge is 2.48. The molecule has 0 spiro atoms. The van der Waals surface area contributed by atoms with Gasteiger partial charge in [0.1, 0.15) is 0 Å². The van der Waals surface area contributed by atoms with Gasteiger partial charge in [0, 0.05) is 11.6 Å². The Kier molecular flexibility index (Phi) is 4.50. The van der Waals surface area contributed by atoms with Crippen molar-refractivity contribution in [2.75, 3.05) is 10.7 Å². The zero-order valence-corrected chi connectivity index (χ0v) is 16.9. The van der Waals surface area contributed by atoms with E-state index in [9.17, 15) is 9.90 Å². The van der Waals surface area contributed by atoms with Gasteiger partial charge >= 0.3 is 5.97 Å². The molecule has 3 atom stereocenters. The molecule has 2 aromatic carbocycles. The number of hydrazine groups is 1. The number of carboxylic acids is 1. The van der Waals surface area contributed by atoms with Crippen LogP contribution in [0.25, 0.3) is 0 Å². The van der Waals surface area contributed by atoms with Crippen LogP contribution in [0.2, 0.25) is 0 Å². The number of fused-ring (bicyclic) bond motifs is 3. The van der Waals surface area contributed by atoms with E-state index in [1.54, 1.807) is 6.07 Å². The Morgan fingerprint density at radius 3 is 2.66 bits per heavy atom. The molecular weight excluding hydrogens is 362 g/mol. The lowest BCUT2D eigenvalue weighted by atomic mass is 9.73. The number of nitrogens with zero attached hydrogens (tertiary/aromatic N) is 1. The molecule has 1 saturated carbocycles. The van der Waals surface area contributed by atoms with Crippen LogP contribution in [0.5, 0.6) is 0 Å². The van der Waals surface area contributed by atoms with Crippen LogP contribution in [-0.2, 0) is 6.42 Å². The van der Waals surface area contributed by atoms with Crippen molar-refractivity contribution < 1.29 is 9.90 Å². The summed E-state index contributed by atoms with van der Waals surface area (Å²) in [5.41, 5.74) is 15.9. The maximum Gasteiger partial charge on any atom is 0.335 e. The van der Waals surface area contributed by atoms with Crippen molar-refractivity contribution in [2.45, 2.75) is 57.5 Å². The Bertz CT molecular complexity index is 951. The number of carbonyl (C=O) groups is 1. The fourth-order valence-electron chi connectivity index (χ4n) is 5.85. The van der Waals surface area contributed by atoms with Crippen molar-refractivity contribution in [2.24, 2.45) is 11.8 Å². The van der Waals surface area contributed by atoms with Crippen molar-refractivity contribution >= 4 is 17.3 Å².